The molecule has 0 saturated carbocycles. The number of thioether (sulfide) groups is 1. The normalized spacial score (nSPS) is 31.0. The molecule has 0 aromatic carbocycles. The summed E-state index contributed by atoms with van der Waals surface area (Å²) in [7, 11) is 0. The van der Waals surface area contributed by atoms with Crippen molar-refractivity contribution in [2.45, 2.75) is 50.4 Å². The van der Waals surface area contributed by atoms with Gasteiger partial charge in [-0.3, -0.25) is 0 Å². The Balaban J connectivity index is 2.58. The van der Waals surface area contributed by atoms with E-state index in [0.717, 1.165) is 6.61 Å². The average Bonchev–Trinajstić information content (AvgIpc) is 2.31. The Hall–Kier alpha value is 0.0500. The Bertz CT molecular complexity index is 167. The molecular weight excluding hydrogens is 192 g/mol. The fourth-order valence-corrected chi connectivity index (χ4v) is 2.76. The van der Waals surface area contributed by atoms with Gasteiger partial charge in [-0.05, 0) is 38.5 Å². The smallest absolute Gasteiger partial charge is 0.132 e. The van der Waals surface area contributed by atoms with Gasteiger partial charge in [0.2, 0.25) is 0 Å². The molecule has 2 heteroatoms. The molecule has 0 amide bonds. The van der Waals surface area contributed by atoms with Crippen LogP contribution >= 0.6 is 11.8 Å². The Morgan fingerprint density at radius 1 is 1.14 bits per heavy atom. The lowest BCUT2D eigenvalue weighted by atomic mass is 10.1. The Morgan fingerprint density at radius 3 is 2.57 bits per heavy atom. The number of rotatable bonds is 2. The van der Waals surface area contributed by atoms with Crippen molar-refractivity contribution in [3.05, 3.63) is 12.2 Å². The molecule has 14 heavy (non-hydrogen) atoms. The maximum Gasteiger partial charge on any atom is 0.132 e. The first kappa shape index (κ1) is 12.1. The Kier molecular flexibility index (Phi) is 5.64. The zero-order valence-electron chi connectivity index (χ0n) is 9.42. The standard InChI is InChI=1S/C12H22OS/c1-3-9-12(14-2)10-7-5-4-6-8-11-13-12/h3,9H,4-8,10-11H2,1-2H3/b9-3+. The molecule has 1 rings (SSSR count). The van der Waals surface area contributed by atoms with E-state index in [1.807, 2.05) is 11.8 Å². The fraction of sp³-hybridized carbons (Fsp3) is 0.833. The van der Waals surface area contributed by atoms with Gasteiger partial charge in [-0.25, -0.2) is 0 Å². The van der Waals surface area contributed by atoms with Crippen LogP contribution < -0.4 is 0 Å². The van der Waals surface area contributed by atoms with Crippen LogP contribution in [0.2, 0.25) is 0 Å². The molecule has 1 unspecified atom stereocenters. The number of hydrogen-bond acceptors (Lipinski definition) is 2. The predicted octanol–water partition coefficient (Wildman–Crippen LogP) is 3.99. The topological polar surface area (TPSA) is 9.23 Å². The molecule has 1 aliphatic rings. The predicted molar refractivity (Wildman–Crippen MR) is 64.7 cm³/mol. The molecule has 1 fully saturated rings. The van der Waals surface area contributed by atoms with Crippen LogP contribution in [0, 0.1) is 0 Å². The van der Waals surface area contributed by atoms with E-state index in [1.165, 1.54) is 38.5 Å². The summed E-state index contributed by atoms with van der Waals surface area (Å²) >= 11 is 1.84. The van der Waals surface area contributed by atoms with Gasteiger partial charge in [0.05, 0.1) is 0 Å². The van der Waals surface area contributed by atoms with E-state index in [9.17, 15) is 0 Å². The molecule has 1 nitrogen and oxygen atoms in total. The molecule has 0 N–H and O–H groups in total. The van der Waals surface area contributed by atoms with Crippen molar-refractivity contribution in [2.75, 3.05) is 12.9 Å². The molecule has 0 aromatic heterocycles. The number of hydrogen-bond donors (Lipinski definition) is 0. The highest BCUT2D eigenvalue weighted by molar-refractivity contribution is 8.00. The van der Waals surface area contributed by atoms with E-state index >= 15 is 0 Å². The lowest BCUT2D eigenvalue weighted by Gasteiger charge is -2.28. The minimum absolute atomic E-state index is 0.0287. The van der Waals surface area contributed by atoms with Gasteiger partial charge in [0, 0.05) is 6.61 Å². The van der Waals surface area contributed by atoms with Crippen molar-refractivity contribution in [3.63, 3.8) is 0 Å². The minimum atomic E-state index is -0.0287. The second kappa shape index (κ2) is 6.52. The molecule has 1 saturated heterocycles. The van der Waals surface area contributed by atoms with Gasteiger partial charge < -0.3 is 4.74 Å². The Labute approximate surface area is 92.3 Å². The lowest BCUT2D eigenvalue weighted by Crippen LogP contribution is -2.26. The summed E-state index contributed by atoms with van der Waals surface area (Å²) < 4.78 is 6.02. The summed E-state index contributed by atoms with van der Waals surface area (Å²) in [6, 6.07) is 0. The summed E-state index contributed by atoms with van der Waals surface area (Å²) in [4.78, 5) is -0.0287. The van der Waals surface area contributed by atoms with Crippen LogP contribution in [0.1, 0.15) is 45.4 Å². The van der Waals surface area contributed by atoms with E-state index in [-0.39, 0.29) is 4.93 Å². The summed E-state index contributed by atoms with van der Waals surface area (Å²) in [5.74, 6) is 0. The monoisotopic (exact) mass is 214 g/mol. The van der Waals surface area contributed by atoms with Crippen LogP contribution in [0.25, 0.3) is 0 Å². The number of allylic oxidation sites excluding steroid dienone is 1. The van der Waals surface area contributed by atoms with Crippen LogP contribution in [0.5, 0.6) is 0 Å². The number of ether oxygens (including phenoxy) is 1. The first-order chi connectivity index (χ1) is 6.83. The second-order valence-electron chi connectivity index (χ2n) is 3.88. The first-order valence-electron chi connectivity index (χ1n) is 5.66. The molecule has 82 valence electrons. The molecule has 1 aliphatic heterocycles. The molecule has 1 heterocycles. The van der Waals surface area contributed by atoms with Crippen molar-refractivity contribution < 1.29 is 4.74 Å². The Morgan fingerprint density at radius 2 is 1.86 bits per heavy atom. The van der Waals surface area contributed by atoms with E-state index in [0.29, 0.717) is 0 Å². The van der Waals surface area contributed by atoms with Gasteiger partial charge in [-0.1, -0.05) is 25.3 Å². The van der Waals surface area contributed by atoms with Gasteiger partial charge in [0.25, 0.3) is 0 Å². The van der Waals surface area contributed by atoms with Gasteiger partial charge in [0.1, 0.15) is 4.93 Å². The fourth-order valence-electron chi connectivity index (χ4n) is 1.94. The second-order valence-corrected chi connectivity index (χ2v) is 4.98. The van der Waals surface area contributed by atoms with Gasteiger partial charge in [0.15, 0.2) is 0 Å². The summed E-state index contributed by atoms with van der Waals surface area (Å²) in [6.45, 7) is 3.00. The molecule has 0 radical (unpaired) electrons. The highest BCUT2D eigenvalue weighted by Gasteiger charge is 2.26. The summed E-state index contributed by atoms with van der Waals surface area (Å²) in [5, 5.41) is 0. The SMILES string of the molecule is C/C=C/C1(SC)CCCCCCCO1. The van der Waals surface area contributed by atoms with E-state index in [1.54, 1.807) is 0 Å². The summed E-state index contributed by atoms with van der Waals surface area (Å²) in [6.07, 6.45) is 14.3. The third-order valence-corrected chi connectivity index (χ3v) is 3.93. The van der Waals surface area contributed by atoms with Crippen LogP contribution in [-0.2, 0) is 4.74 Å². The van der Waals surface area contributed by atoms with Crippen LogP contribution in [0.3, 0.4) is 0 Å². The highest BCUT2D eigenvalue weighted by Crippen LogP contribution is 2.33. The maximum atomic E-state index is 6.02. The maximum absolute atomic E-state index is 6.02. The highest BCUT2D eigenvalue weighted by atomic mass is 32.2. The van der Waals surface area contributed by atoms with Crippen molar-refractivity contribution in [2.24, 2.45) is 0 Å². The van der Waals surface area contributed by atoms with Crippen LogP contribution in [-0.4, -0.2) is 17.8 Å². The lowest BCUT2D eigenvalue weighted by molar-refractivity contribution is 0.0534. The zero-order chi connectivity index (χ0) is 10.3. The largest absolute Gasteiger partial charge is 0.361 e. The third-order valence-electron chi connectivity index (χ3n) is 2.78. The summed E-state index contributed by atoms with van der Waals surface area (Å²) in [5.41, 5.74) is 0. The van der Waals surface area contributed by atoms with Crippen LogP contribution in [0.15, 0.2) is 12.2 Å². The molecule has 1 atom stereocenters. The third kappa shape index (κ3) is 3.66. The molecular formula is C12H22OS. The van der Waals surface area contributed by atoms with Crippen LogP contribution in [0.4, 0.5) is 0 Å². The first-order valence-corrected chi connectivity index (χ1v) is 6.88. The average molecular weight is 214 g/mol. The van der Waals surface area contributed by atoms with Crippen molar-refractivity contribution in [1.82, 2.24) is 0 Å². The van der Waals surface area contributed by atoms with E-state index in [4.69, 9.17) is 4.74 Å². The molecule has 0 bridgehead atoms. The van der Waals surface area contributed by atoms with Crippen molar-refractivity contribution in [1.29, 1.82) is 0 Å². The molecule has 0 aliphatic carbocycles. The van der Waals surface area contributed by atoms with E-state index in [2.05, 4.69) is 25.3 Å². The molecule has 0 aromatic rings. The van der Waals surface area contributed by atoms with Crippen molar-refractivity contribution >= 4 is 11.8 Å². The zero-order valence-corrected chi connectivity index (χ0v) is 10.2. The van der Waals surface area contributed by atoms with Gasteiger partial charge >= 0.3 is 0 Å². The van der Waals surface area contributed by atoms with Gasteiger partial charge in [-0.15, -0.1) is 11.8 Å². The van der Waals surface area contributed by atoms with E-state index < -0.39 is 0 Å². The quantitative estimate of drug-likeness (QED) is 0.643. The minimum Gasteiger partial charge on any atom is -0.361 e. The van der Waals surface area contributed by atoms with Crippen molar-refractivity contribution in [3.8, 4) is 0 Å². The molecule has 0 spiro atoms. The van der Waals surface area contributed by atoms with Gasteiger partial charge in [-0.2, -0.15) is 0 Å².